The average Bonchev–Trinajstić information content (AvgIpc) is 2.39. The summed E-state index contributed by atoms with van der Waals surface area (Å²) in [4.78, 5) is 0. The molecule has 3 N–H and O–H groups in total. The van der Waals surface area contributed by atoms with Crippen LogP contribution < -0.4 is 5.73 Å². The maximum absolute atomic E-state index is 9.35. The molecule has 0 saturated heterocycles. The molecule has 0 rings (SSSR count). The van der Waals surface area contributed by atoms with E-state index in [1.165, 1.54) is 64.2 Å². The number of aliphatic hydroxyl groups excluding tert-OH is 1. The molecule has 0 bridgehead atoms. The zero-order valence-electron chi connectivity index (χ0n) is 12.9. The van der Waals surface area contributed by atoms with Crippen LogP contribution >= 0.6 is 0 Å². The summed E-state index contributed by atoms with van der Waals surface area (Å²) in [5.41, 5.74) is 6.27. The molecular formula is C16H35NO. The second kappa shape index (κ2) is 10.8. The Morgan fingerprint density at radius 3 is 1.67 bits per heavy atom. The highest BCUT2D eigenvalue weighted by atomic mass is 16.3. The van der Waals surface area contributed by atoms with Gasteiger partial charge < -0.3 is 10.8 Å². The van der Waals surface area contributed by atoms with Crippen molar-refractivity contribution in [2.75, 3.05) is 6.61 Å². The molecule has 18 heavy (non-hydrogen) atoms. The minimum Gasteiger partial charge on any atom is -0.395 e. The minimum absolute atomic E-state index is 0.0549. The smallest absolute Gasteiger partial charge is 0.0587 e. The lowest BCUT2D eigenvalue weighted by atomic mass is 9.74. The van der Waals surface area contributed by atoms with Crippen molar-refractivity contribution in [2.45, 2.75) is 91.0 Å². The Hall–Kier alpha value is -0.0800. The summed E-state index contributed by atoms with van der Waals surface area (Å²) in [7, 11) is 0. The SMILES string of the molecule is CCCCCCC(C)(CCCCCC)[C@@H](N)CO. The monoisotopic (exact) mass is 257 g/mol. The lowest BCUT2D eigenvalue weighted by Gasteiger charge is -2.35. The van der Waals surface area contributed by atoms with Gasteiger partial charge in [0.2, 0.25) is 0 Å². The van der Waals surface area contributed by atoms with E-state index in [4.69, 9.17) is 5.73 Å². The molecule has 2 heteroatoms. The summed E-state index contributed by atoms with van der Waals surface area (Å²) in [6, 6.07) is -0.0549. The van der Waals surface area contributed by atoms with Crippen LogP contribution in [0, 0.1) is 5.41 Å². The second-order valence-corrected chi connectivity index (χ2v) is 6.06. The van der Waals surface area contributed by atoms with Crippen LogP contribution in [0.4, 0.5) is 0 Å². The molecule has 0 amide bonds. The maximum Gasteiger partial charge on any atom is 0.0587 e. The summed E-state index contributed by atoms with van der Waals surface area (Å²) >= 11 is 0. The highest BCUT2D eigenvalue weighted by molar-refractivity contribution is 4.85. The van der Waals surface area contributed by atoms with E-state index in [9.17, 15) is 5.11 Å². The van der Waals surface area contributed by atoms with Gasteiger partial charge in [0, 0.05) is 6.04 Å². The number of hydrogen-bond acceptors (Lipinski definition) is 2. The van der Waals surface area contributed by atoms with E-state index >= 15 is 0 Å². The topological polar surface area (TPSA) is 46.2 Å². The van der Waals surface area contributed by atoms with E-state index in [0.717, 1.165) is 0 Å². The molecule has 0 aliphatic carbocycles. The van der Waals surface area contributed by atoms with Gasteiger partial charge in [-0.1, -0.05) is 72.1 Å². The second-order valence-electron chi connectivity index (χ2n) is 6.06. The molecule has 110 valence electrons. The molecule has 0 unspecified atom stereocenters. The third-order valence-corrected chi connectivity index (χ3v) is 4.29. The average molecular weight is 257 g/mol. The first kappa shape index (κ1) is 17.9. The van der Waals surface area contributed by atoms with Gasteiger partial charge in [-0.15, -0.1) is 0 Å². The zero-order chi connectivity index (χ0) is 13.9. The molecule has 0 spiro atoms. The summed E-state index contributed by atoms with van der Waals surface area (Å²) in [5, 5.41) is 9.35. The first-order chi connectivity index (χ1) is 8.60. The molecular weight excluding hydrogens is 222 g/mol. The highest BCUT2D eigenvalue weighted by Crippen LogP contribution is 2.34. The molecule has 1 atom stereocenters. The Labute approximate surface area is 114 Å². The van der Waals surface area contributed by atoms with Crippen molar-refractivity contribution >= 4 is 0 Å². The number of hydrogen-bond donors (Lipinski definition) is 2. The van der Waals surface area contributed by atoms with E-state index in [2.05, 4.69) is 20.8 Å². The van der Waals surface area contributed by atoms with Gasteiger partial charge in [-0.25, -0.2) is 0 Å². The largest absolute Gasteiger partial charge is 0.395 e. The Balaban J connectivity index is 4.07. The normalized spacial score (nSPS) is 13.8. The number of aliphatic hydroxyl groups is 1. The van der Waals surface area contributed by atoms with Gasteiger partial charge in [-0.05, 0) is 18.3 Å². The van der Waals surface area contributed by atoms with Gasteiger partial charge in [0.05, 0.1) is 6.61 Å². The van der Waals surface area contributed by atoms with Crippen LogP contribution in [0.5, 0.6) is 0 Å². The van der Waals surface area contributed by atoms with Crippen molar-refractivity contribution in [3.63, 3.8) is 0 Å². The fourth-order valence-electron chi connectivity index (χ4n) is 2.63. The lowest BCUT2D eigenvalue weighted by molar-refractivity contribution is 0.133. The van der Waals surface area contributed by atoms with E-state index < -0.39 is 0 Å². The lowest BCUT2D eigenvalue weighted by Crippen LogP contribution is -2.42. The van der Waals surface area contributed by atoms with E-state index in [0.29, 0.717) is 0 Å². The van der Waals surface area contributed by atoms with Crippen LogP contribution in [0.25, 0.3) is 0 Å². The van der Waals surface area contributed by atoms with Crippen LogP contribution in [0.3, 0.4) is 0 Å². The highest BCUT2D eigenvalue weighted by Gasteiger charge is 2.30. The van der Waals surface area contributed by atoms with Crippen molar-refractivity contribution in [2.24, 2.45) is 11.1 Å². The van der Waals surface area contributed by atoms with Crippen LogP contribution in [0.2, 0.25) is 0 Å². The molecule has 0 aromatic heterocycles. The van der Waals surface area contributed by atoms with Crippen LogP contribution in [0.15, 0.2) is 0 Å². The molecule has 2 nitrogen and oxygen atoms in total. The van der Waals surface area contributed by atoms with Gasteiger partial charge in [0.15, 0.2) is 0 Å². The summed E-state index contributed by atoms with van der Waals surface area (Å²) < 4.78 is 0. The third-order valence-electron chi connectivity index (χ3n) is 4.29. The van der Waals surface area contributed by atoms with E-state index in [-0.39, 0.29) is 18.1 Å². The van der Waals surface area contributed by atoms with Crippen molar-refractivity contribution in [1.82, 2.24) is 0 Å². The van der Waals surface area contributed by atoms with Crippen molar-refractivity contribution < 1.29 is 5.11 Å². The van der Waals surface area contributed by atoms with E-state index in [1.807, 2.05) is 0 Å². The Morgan fingerprint density at radius 1 is 0.889 bits per heavy atom. The van der Waals surface area contributed by atoms with Crippen molar-refractivity contribution in [3.8, 4) is 0 Å². The summed E-state index contributed by atoms with van der Waals surface area (Å²) in [5.74, 6) is 0. The van der Waals surface area contributed by atoms with Crippen molar-refractivity contribution in [3.05, 3.63) is 0 Å². The predicted molar refractivity (Wildman–Crippen MR) is 80.7 cm³/mol. The van der Waals surface area contributed by atoms with Crippen LogP contribution in [-0.4, -0.2) is 17.8 Å². The Kier molecular flexibility index (Phi) is 10.8. The van der Waals surface area contributed by atoms with Crippen LogP contribution in [-0.2, 0) is 0 Å². The number of nitrogens with two attached hydrogens (primary N) is 1. The molecule has 0 aliphatic rings. The van der Waals surface area contributed by atoms with Gasteiger partial charge in [-0.3, -0.25) is 0 Å². The van der Waals surface area contributed by atoms with E-state index in [1.54, 1.807) is 0 Å². The third kappa shape index (κ3) is 7.38. The quantitative estimate of drug-likeness (QED) is 0.513. The molecule has 0 aromatic rings. The summed E-state index contributed by atoms with van der Waals surface area (Å²) in [6.07, 6.45) is 12.6. The molecule has 0 aliphatic heterocycles. The van der Waals surface area contributed by atoms with Crippen LogP contribution in [0.1, 0.15) is 85.0 Å². The summed E-state index contributed by atoms with van der Waals surface area (Å²) in [6.45, 7) is 6.87. The minimum atomic E-state index is -0.0549. The maximum atomic E-state index is 9.35. The number of rotatable bonds is 12. The standard InChI is InChI=1S/C16H35NO/c1-4-6-8-10-12-16(3,15(17)14-18)13-11-9-7-5-2/h15,18H,4-14,17H2,1-3H3/t15-/m0/s1. The first-order valence-corrected chi connectivity index (χ1v) is 7.97. The molecule has 0 heterocycles. The Morgan fingerprint density at radius 2 is 1.33 bits per heavy atom. The fourth-order valence-corrected chi connectivity index (χ4v) is 2.63. The molecule has 0 saturated carbocycles. The van der Waals surface area contributed by atoms with Gasteiger partial charge >= 0.3 is 0 Å². The van der Waals surface area contributed by atoms with Gasteiger partial charge in [0.1, 0.15) is 0 Å². The fraction of sp³-hybridized carbons (Fsp3) is 1.00. The molecule has 0 radical (unpaired) electrons. The number of unbranched alkanes of at least 4 members (excludes halogenated alkanes) is 6. The van der Waals surface area contributed by atoms with Crippen molar-refractivity contribution in [1.29, 1.82) is 0 Å². The molecule has 0 fully saturated rings. The van der Waals surface area contributed by atoms with Gasteiger partial charge in [0.25, 0.3) is 0 Å². The van der Waals surface area contributed by atoms with Gasteiger partial charge in [-0.2, -0.15) is 0 Å². The molecule has 0 aromatic carbocycles. The predicted octanol–water partition coefficient (Wildman–Crippen LogP) is 4.25. The first-order valence-electron chi connectivity index (χ1n) is 7.97. The zero-order valence-corrected chi connectivity index (χ0v) is 12.9. The Bertz CT molecular complexity index is 170.